The highest BCUT2D eigenvalue weighted by atomic mass is 16.5. The maximum atomic E-state index is 12.8. The van der Waals surface area contributed by atoms with Gasteiger partial charge in [0.15, 0.2) is 17.3 Å². The number of carbonyl (C=O) groups is 1. The lowest BCUT2D eigenvalue weighted by Crippen LogP contribution is -2.28. The van der Waals surface area contributed by atoms with Crippen molar-refractivity contribution in [1.82, 2.24) is 0 Å². The third kappa shape index (κ3) is 3.03. The Morgan fingerprint density at radius 3 is 2.59 bits per heavy atom. The predicted octanol–water partition coefficient (Wildman–Crippen LogP) is 4.59. The van der Waals surface area contributed by atoms with Crippen LogP contribution in [0.25, 0.3) is 6.08 Å². The van der Waals surface area contributed by atoms with Gasteiger partial charge in [0.1, 0.15) is 23.2 Å². The Kier molecular flexibility index (Phi) is 4.10. The molecule has 0 aromatic heterocycles. The van der Waals surface area contributed by atoms with E-state index in [-0.39, 0.29) is 23.9 Å². The van der Waals surface area contributed by atoms with Crippen molar-refractivity contribution >= 4 is 11.9 Å². The summed E-state index contributed by atoms with van der Waals surface area (Å²) in [6, 6.07) is 9.21. The minimum absolute atomic E-state index is 0.0528. The fourth-order valence-corrected chi connectivity index (χ4v) is 3.48. The van der Waals surface area contributed by atoms with Crippen LogP contribution >= 0.6 is 0 Å². The van der Waals surface area contributed by atoms with E-state index in [2.05, 4.69) is 0 Å². The van der Waals surface area contributed by atoms with Crippen LogP contribution in [0.3, 0.4) is 0 Å². The topological polar surface area (TPSA) is 54.0 Å². The standard InChI is InChI=1S/C22H22O5/c1-22(2)10-9-15-17(27-22)8-6-14-16(23)12-19(26-21(14)15)13-5-7-18(24-3)20(11-13)25-4/h5-11,19H,12H2,1-4H3. The molecular weight excluding hydrogens is 344 g/mol. The Morgan fingerprint density at radius 2 is 1.85 bits per heavy atom. The second-order valence-corrected chi connectivity index (χ2v) is 7.24. The van der Waals surface area contributed by atoms with Crippen molar-refractivity contribution in [2.45, 2.75) is 32.0 Å². The third-order valence-electron chi connectivity index (χ3n) is 4.89. The van der Waals surface area contributed by atoms with Gasteiger partial charge < -0.3 is 18.9 Å². The van der Waals surface area contributed by atoms with E-state index >= 15 is 0 Å². The molecule has 27 heavy (non-hydrogen) atoms. The number of hydrogen-bond donors (Lipinski definition) is 0. The average Bonchev–Trinajstić information content (AvgIpc) is 2.66. The molecule has 5 nitrogen and oxygen atoms in total. The molecule has 2 aromatic rings. The number of Topliss-reactive ketones (excluding diaryl/α,β-unsaturated/α-hetero) is 1. The molecule has 2 aliphatic rings. The lowest BCUT2D eigenvalue weighted by molar-refractivity contribution is 0.0846. The lowest BCUT2D eigenvalue weighted by atomic mass is 9.92. The van der Waals surface area contributed by atoms with Gasteiger partial charge in [-0.2, -0.15) is 0 Å². The molecule has 0 saturated heterocycles. The molecule has 0 aliphatic carbocycles. The first-order valence-electron chi connectivity index (χ1n) is 8.89. The van der Waals surface area contributed by atoms with E-state index in [1.165, 1.54) is 0 Å². The van der Waals surface area contributed by atoms with Crippen LogP contribution in [0, 0.1) is 0 Å². The summed E-state index contributed by atoms with van der Waals surface area (Å²) in [7, 11) is 3.18. The minimum atomic E-state index is -0.389. The fourth-order valence-electron chi connectivity index (χ4n) is 3.48. The van der Waals surface area contributed by atoms with Crippen LogP contribution in [-0.4, -0.2) is 25.6 Å². The van der Waals surface area contributed by atoms with Gasteiger partial charge in [-0.1, -0.05) is 6.07 Å². The Balaban J connectivity index is 1.74. The molecule has 0 spiro atoms. The number of carbonyl (C=O) groups excluding carboxylic acids is 1. The van der Waals surface area contributed by atoms with E-state index in [1.807, 2.05) is 50.3 Å². The molecule has 2 aromatic carbocycles. The molecule has 0 radical (unpaired) electrons. The highest BCUT2D eigenvalue weighted by molar-refractivity contribution is 6.01. The van der Waals surface area contributed by atoms with Crippen molar-refractivity contribution in [1.29, 1.82) is 0 Å². The van der Waals surface area contributed by atoms with Crippen molar-refractivity contribution in [2.75, 3.05) is 14.2 Å². The van der Waals surface area contributed by atoms with E-state index in [9.17, 15) is 4.79 Å². The van der Waals surface area contributed by atoms with E-state index in [4.69, 9.17) is 18.9 Å². The average molecular weight is 366 g/mol. The molecule has 0 fully saturated rings. The molecule has 1 atom stereocenters. The van der Waals surface area contributed by atoms with Crippen molar-refractivity contribution in [3.63, 3.8) is 0 Å². The first-order valence-corrected chi connectivity index (χ1v) is 8.89. The molecule has 1 unspecified atom stereocenters. The largest absolute Gasteiger partial charge is 0.493 e. The van der Waals surface area contributed by atoms with Crippen molar-refractivity contribution in [3.05, 3.63) is 53.1 Å². The maximum absolute atomic E-state index is 12.8. The summed E-state index contributed by atoms with van der Waals surface area (Å²) in [6.07, 6.45) is 3.84. The first kappa shape index (κ1) is 17.5. The lowest BCUT2D eigenvalue weighted by Gasteiger charge is -2.32. The number of ketones is 1. The molecule has 0 amide bonds. The van der Waals surface area contributed by atoms with Gasteiger partial charge in [-0.3, -0.25) is 4.79 Å². The summed E-state index contributed by atoms with van der Waals surface area (Å²) in [6.45, 7) is 3.98. The van der Waals surface area contributed by atoms with Crippen LogP contribution in [0.15, 0.2) is 36.4 Å². The smallest absolute Gasteiger partial charge is 0.170 e. The van der Waals surface area contributed by atoms with E-state index in [0.29, 0.717) is 22.8 Å². The van der Waals surface area contributed by atoms with Gasteiger partial charge in [-0.05, 0) is 55.8 Å². The minimum Gasteiger partial charge on any atom is -0.493 e. The van der Waals surface area contributed by atoms with Gasteiger partial charge in [0.05, 0.1) is 31.8 Å². The zero-order chi connectivity index (χ0) is 19.2. The number of benzene rings is 2. The maximum Gasteiger partial charge on any atom is 0.170 e. The van der Waals surface area contributed by atoms with Gasteiger partial charge in [-0.25, -0.2) is 0 Å². The van der Waals surface area contributed by atoms with E-state index < -0.39 is 0 Å². The van der Waals surface area contributed by atoms with Gasteiger partial charge >= 0.3 is 0 Å². The van der Waals surface area contributed by atoms with Crippen LogP contribution in [0.5, 0.6) is 23.0 Å². The highest BCUT2D eigenvalue weighted by Gasteiger charge is 2.33. The quantitative estimate of drug-likeness (QED) is 0.795. The monoisotopic (exact) mass is 366 g/mol. The summed E-state index contributed by atoms with van der Waals surface area (Å²) >= 11 is 0. The summed E-state index contributed by atoms with van der Waals surface area (Å²) in [4.78, 5) is 12.8. The second kappa shape index (κ2) is 6.34. The molecule has 2 heterocycles. The number of fused-ring (bicyclic) bond motifs is 3. The van der Waals surface area contributed by atoms with Crippen LogP contribution < -0.4 is 18.9 Å². The Bertz CT molecular complexity index is 942. The highest BCUT2D eigenvalue weighted by Crippen LogP contribution is 2.45. The van der Waals surface area contributed by atoms with Gasteiger partial charge in [0.2, 0.25) is 0 Å². The Morgan fingerprint density at radius 1 is 1.07 bits per heavy atom. The van der Waals surface area contributed by atoms with Crippen molar-refractivity contribution in [2.24, 2.45) is 0 Å². The zero-order valence-electron chi connectivity index (χ0n) is 15.9. The Hall–Kier alpha value is -2.95. The van der Waals surface area contributed by atoms with Crippen LogP contribution in [0.2, 0.25) is 0 Å². The molecule has 0 saturated carbocycles. The number of hydrogen-bond acceptors (Lipinski definition) is 5. The molecule has 140 valence electrons. The van der Waals surface area contributed by atoms with Crippen LogP contribution in [0.4, 0.5) is 0 Å². The van der Waals surface area contributed by atoms with Crippen LogP contribution in [0.1, 0.15) is 47.9 Å². The summed E-state index contributed by atoms with van der Waals surface area (Å²) in [5.41, 5.74) is 1.89. The second-order valence-electron chi connectivity index (χ2n) is 7.24. The molecule has 4 rings (SSSR count). The number of methoxy groups -OCH3 is 2. The Labute approximate surface area is 158 Å². The zero-order valence-corrected chi connectivity index (χ0v) is 15.9. The third-order valence-corrected chi connectivity index (χ3v) is 4.89. The van der Waals surface area contributed by atoms with Gasteiger partial charge in [0, 0.05) is 0 Å². The van der Waals surface area contributed by atoms with E-state index in [0.717, 1.165) is 16.9 Å². The van der Waals surface area contributed by atoms with Crippen molar-refractivity contribution in [3.8, 4) is 23.0 Å². The normalized spacial score (nSPS) is 19.4. The van der Waals surface area contributed by atoms with Crippen molar-refractivity contribution < 1.29 is 23.7 Å². The SMILES string of the molecule is COc1ccc(C2CC(=O)c3ccc4c(c3O2)C=CC(C)(C)O4)cc1OC. The summed E-state index contributed by atoms with van der Waals surface area (Å²) in [5, 5.41) is 0. The summed E-state index contributed by atoms with van der Waals surface area (Å²) < 4.78 is 23.0. The van der Waals surface area contributed by atoms with Gasteiger partial charge in [-0.15, -0.1) is 0 Å². The fraction of sp³-hybridized carbons (Fsp3) is 0.318. The number of rotatable bonds is 3. The predicted molar refractivity (Wildman–Crippen MR) is 102 cm³/mol. The number of ether oxygens (including phenoxy) is 4. The molecular formula is C22H22O5. The van der Waals surface area contributed by atoms with Crippen LogP contribution in [-0.2, 0) is 0 Å². The molecule has 5 heteroatoms. The van der Waals surface area contributed by atoms with Gasteiger partial charge in [0.25, 0.3) is 0 Å². The molecule has 0 bridgehead atoms. The first-order chi connectivity index (χ1) is 12.9. The van der Waals surface area contributed by atoms with E-state index in [1.54, 1.807) is 20.3 Å². The molecule has 2 aliphatic heterocycles. The molecule has 0 N–H and O–H groups in total. The summed E-state index contributed by atoms with van der Waals surface area (Å²) in [5.74, 6) is 2.60.